The van der Waals surface area contributed by atoms with Crippen molar-refractivity contribution >= 4 is 11.6 Å². The fourth-order valence-electron chi connectivity index (χ4n) is 3.55. The minimum Gasteiger partial charge on any atom is -0.318 e. The van der Waals surface area contributed by atoms with Crippen LogP contribution in [0.5, 0.6) is 0 Å². The molecule has 1 unspecified atom stereocenters. The average Bonchev–Trinajstić information content (AvgIpc) is 2.39. The molecule has 3 nitrogen and oxygen atoms in total. The fraction of sp³-hybridized carbons (Fsp3) is 0.611. The van der Waals surface area contributed by atoms with Crippen LogP contribution in [-0.2, 0) is 37.5 Å². The third-order valence-corrected chi connectivity index (χ3v) is 4.97. The van der Waals surface area contributed by atoms with E-state index in [0.29, 0.717) is 5.91 Å². The van der Waals surface area contributed by atoms with Gasteiger partial charge in [-0.25, -0.2) is 0 Å². The second-order valence-electron chi connectivity index (χ2n) is 6.99. The summed E-state index contributed by atoms with van der Waals surface area (Å²) in [5.41, 5.74) is 4.82. The summed E-state index contributed by atoms with van der Waals surface area (Å²) in [5.74, 6) is 0.295. The van der Waals surface area contributed by atoms with Crippen LogP contribution >= 0.6 is 0 Å². The summed E-state index contributed by atoms with van der Waals surface area (Å²) in [5, 5.41) is 0. The summed E-state index contributed by atoms with van der Waals surface area (Å²) in [6.45, 7) is 10.3. The molecule has 1 saturated heterocycles. The van der Waals surface area contributed by atoms with Crippen LogP contribution in [-0.4, -0.2) is 43.6 Å². The number of likely N-dealkylation sites (N-methyl/N-ethyl adjacent to an activating group) is 1. The molecular formula is C18H29N2OY+. The van der Waals surface area contributed by atoms with Gasteiger partial charge in [-0.05, 0) is 45.2 Å². The molecule has 1 aromatic carbocycles. The molecule has 1 fully saturated rings. The van der Waals surface area contributed by atoms with Crippen molar-refractivity contribution in [3.8, 4) is 0 Å². The van der Waals surface area contributed by atoms with Gasteiger partial charge >= 0.3 is 0 Å². The van der Waals surface area contributed by atoms with E-state index in [0.717, 1.165) is 36.1 Å². The smallest absolute Gasteiger partial charge is 0.285 e. The van der Waals surface area contributed by atoms with Gasteiger partial charge in [-0.2, -0.15) is 0 Å². The van der Waals surface area contributed by atoms with Gasteiger partial charge in [0.2, 0.25) is 0 Å². The van der Waals surface area contributed by atoms with Crippen molar-refractivity contribution in [1.82, 2.24) is 0 Å². The number of amides is 1. The van der Waals surface area contributed by atoms with Crippen LogP contribution in [0.15, 0.2) is 12.1 Å². The van der Waals surface area contributed by atoms with E-state index in [1.807, 2.05) is 4.90 Å². The van der Waals surface area contributed by atoms with Gasteiger partial charge in [0.25, 0.3) is 5.91 Å². The summed E-state index contributed by atoms with van der Waals surface area (Å²) in [6.07, 6.45) is 2.09. The van der Waals surface area contributed by atoms with E-state index in [1.54, 1.807) is 0 Å². The topological polar surface area (TPSA) is 20.3 Å². The fourth-order valence-corrected chi connectivity index (χ4v) is 3.55. The van der Waals surface area contributed by atoms with Crippen LogP contribution in [0, 0.1) is 20.8 Å². The Morgan fingerprint density at radius 3 is 2.23 bits per heavy atom. The summed E-state index contributed by atoms with van der Waals surface area (Å²) in [7, 11) is 4.34. The molecule has 0 aromatic heterocycles. The van der Waals surface area contributed by atoms with E-state index in [2.05, 4.69) is 53.9 Å². The zero-order chi connectivity index (χ0) is 15.8. The second-order valence-corrected chi connectivity index (χ2v) is 6.99. The third-order valence-electron chi connectivity index (χ3n) is 4.97. The third kappa shape index (κ3) is 3.80. The molecule has 4 heteroatoms. The van der Waals surface area contributed by atoms with Crippen LogP contribution in [0.1, 0.15) is 36.5 Å². The molecule has 1 aliphatic rings. The molecule has 0 bridgehead atoms. The van der Waals surface area contributed by atoms with E-state index < -0.39 is 0 Å². The first-order chi connectivity index (χ1) is 9.77. The Kier molecular flexibility index (Phi) is 6.79. The van der Waals surface area contributed by atoms with Gasteiger partial charge in [-0.1, -0.05) is 17.7 Å². The Labute approximate surface area is 160 Å². The SMILES string of the molecule is CC[N+](C)(C)C1CCCN(c2c(C)cc(C)cc2C)C1=O.[Y]. The van der Waals surface area contributed by atoms with Crippen molar-refractivity contribution < 1.29 is 42.0 Å². The maximum atomic E-state index is 13.0. The van der Waals surface area contributed by atoms with Crippen LogP contribution in [0.25, 0.3) is 0 Å². The minimum absolute atomic E-state index is 0. The number of carbonyl (C=O) groups is 1. The normalized spacial score (nSPS) is 19.1. The summed E-state index contributed by atoms with van der Waals surface area (Å²) < 4.78 is 0.777. The van der Waals surface area contributed by atoms with Crippen LogP contribution in [0.3, 0.4) is 0 Å². The van der Waals surface area contributed by atoms with Crippen LogP contribution < -0.4 is 4.90 Å². The Bertz CT molecular complexity index is 531. The van der Waals surface area contributed by atoms with Gasteiger partial charge in [0.15, 0.2) is 6.04 Å². The number of anilines is 1. The van der Waals surface area contributed by atoms with Crippen LogP contribution in [0.4, 0.5) is 5.69 Å². The molecule has 1 atom stereocenters. The molecule has 1 heterocycles. The zero-order valence-corrected chi connectivity index (χ0v) is 17.8. The molecule has 0 spiro atoms. The number of quaternary nitrogens is 1. The molecule has 1 aromatic rings. The van der Waals surface area contributed by atoms with Crippen molar-refractivity contribution in [2.24, 2.45) is 0 Å². The first-order valence-corrected chi connectivity index (χ1v) is 8.00. The maximum absolute atomic E-state index is 13.0. The number of piperidine rings is 1. The number of nitrogens with zero attached hydrogens (tertiary/aromatic N) is 2. The molecule has 0 saturated carbocycles. The van der Waals surface area contributed by atoms with E-state index in [-0.39, 0.29) is 38.8 Å². The number of aryl methyl sites for hydroxylation is 3. The van der Waals surface area contributed by atoms with E-state index in [1.165, 1.54) is 16.7 Å². The van der Waals surface area contributed by atoms with Gasteiger partial charge in [0, 0.05) is 51.4 Å². The Balaban J connectivity index is 0.00000242. The molecule has 1 radical (unpaired) electrons. The van der Waals surface area contributed by atoms with Crippen molar-refractivity contribution in [3.63, 3.8) is 0 Å². The number of carbonyl (C=O) groups excluding carboxylic acids is 1. The van der Waals surface area contributed by atoms with Gasteiger partial charge < -0.3 is 9.38 Å². The summed E-state index contributed by atoms with van der Waals surface area (Å²) in [6, 6.07) is 4.45. The molecule has 0 N–H and O–H groups in total. The Hall–Kier alpha value is -0.246. The largest absolute Gasteiger partial charge is 0.318 e. The minimum atomic E-state index is 0. The molecule has 2 rings (SSSR count). The van der Waals surface area contributed by atoms with Crippen LogP contribution in [0.2, 0.25) is 0 Å². The first kappa shape index (κ1) is 19.8. The molecule has 119 valence electrons. The first-order valence-electron chi connectivity index (χ1n) is 8.00. The predicted molar refractivity (Wildman–Crippen MR) is 88.7 cm³/mol. The Morgan fingerprint density at radius 2 is 1.73 bits per heavy atom. The quantitative estimate of drug-likeness (QED) is 0.740. The number of rotatable bonds is 3. The van der Waals surface area contributed by atoms with E-state index >= 15 is 0 Å². The summed E-state index contributed by atoms with van der Waals surface area (Å²) in [4.78, 5) is 15.1. The van der Waals surface area contributed by atoms with Gasteiger partial charge in [0.05, 0.1) is 20.6 Å². The van der Waals surface area contributed by atoms with Crippen molar-refractivity contribution in [2.45, 2.75) is 46.6 Å². The summed E-state index contributed by atoms with van der Waals surface area (Å²) >= 11 is 0. The monoisotopic (exact) mass is 378 g/mol. The number of benzene rings is 1. The molecular weight excluding hydrogens is 349 g/mol. The number of hydrogen-bond acceptors (Lipinski definition) is 1. The molecule has 0 aliphatic carbocycles. The van der Waals surface area contributed by atoms with E-state index in [9.17, 15) is 4.79 Å². The maximum Gasteiger partial charge on any atom is 0.285 e. The second kappa shape index (κ2) is 7.55. The van der Waals surface area contributed by atoms with E-state index in [4.69, 9.17) is 0 Å². The van der Waals surface area contributed by atoms with Gasteiger partial charge in [0.1, 0.15) is 0 Å². The standard InChI is InChI=1S/C18H29N2O.Y/c1-7-20(5,6)16-9-8-10-19(18(16)21)17-14(3)11-13(2)12-15(17)4;/h11-12,16H,7-10H2,1-6H3;/q+1;. The molecule has 22 heavy (non-hydrogen) atoms. The average molecular weight is 378 g/mol. The Morgan fingerprint density at radius 1 is 1.18 bits per heavy atom. The van der Waals surface area contributed by atoms with Crippen molar-refractivity contribution in [1.29, 1.82) is 0 Å². The van der Waals surface area contributed by atoms with Crippen molar-refractivity contribution in [2.75, 3.05) is 32.1 Å². The molecule has 1 amide bonds. The zero-order valence-electron chi connectivity index (χ0n) is 14.9. The molecule has 1 aliphatic heterocycles. The number of hydrogen-bond donors (Lipinski definition) is 0. The van der Waals surface area contributed by atoms with Gasteiger partial charge in [-0.15, -0.1) is 0 Å². The van der Waals surface area contributed by atoms with Gasteiger partial charge in [-0.3, -0.25) is 4.79 Å². The predicted octanol–water partition coefficient (Wildman–Crippen LogP) is 3.20. The van der Waals surface area contributed by atoms with Crippen molar-refractivity contribution in [3.05, 3.63) is 28.8 Å².